The highest BCUT2D eigenvalue weighted by Gasteiger charge is 2.41. The Kier molecular flexibility index (Phi) is 5.44. The summed E-state index contributed by atoms with van der Waals surface area (Å²) in [6.45, 7) is 5.92. The standard InChI is InChI=1S/C30H33N5O3/c1-30(11-12-30)18-33-13-9-21(10-14-33)34-17-19(16-31-34)15-20-5-6-24-27-22(20)3-2-4-23(27)29(38)35(24)25-7-8-26(36)32-28(25)37/h2-6,16-17,21,25H,7-15,18H2,1H3,(H,32,36,37). The molecule has 8 heteroatoms. The molecule has 1 N–H and O–H groups in total. The minimum Gasteiger partial charge on any atom is -0.303 e. The third kappa shape index (κ3) is 4.02. The molecule has 4 aliphatic rings. The van der Waals surface area contributed by atoms with Gasteiger partial charge in [0, 0.05) is 49.6 Å². The lowest BCUT2D eigenvalue weighted by Gasteiger charge is -2.33. The summed E-state index contributed by atoms with van der Waals surface area (Å²) in [5.74, 6) is -0.860. The largest absolute Gasteiger partial charge is 0.303 e. The highest BCUT2D eigenvalue weighted by Crippen LogP contribution is 2.46. The Morgan fingerprint density at radius 3 is 2.63 bits per heavy atom. The molecule has 1 aromatic heterocycles. The van der Waals surface area contributed by atoms with Gasteiger partial charge in [0.2, 0.25) is 11.8 Å². The number of hydrogen-bond donors (Lipinski definition) is 1. The zero-order valence-electron chi connectivity index (χ0n) is 21.8. The zero-order chi connectivity index (χ0) is 26.0. The van der Waals surface area contributed by atoms with Crippen molar-refractivity contribution in [2.75, 3.05) is 24.5 Å². The van der Waals surface area contributed by atoms with Gasteiger partial charge in [0.05, 0.1) is 17.9 Å². The number of carbonyl (C=O) groups excluding carboxylic acids is 3. The number of carbonyl (C=O) groups is 3. The highest BCUT2D eigenvalue weighted by atomic mass is 16.2. The van der Waals surface area contributed by atoms with Gasteiger partial charge in [-0.3, -0.25) is 29.3 Å². The molecule has 7 rings (SSSR count). The SMILES string of the molecule is CC1(CN2CCC(n3cc(Cc4ccc5c6c(cccc46)C(=O)N5C4CCC(=O)NC4=O)cn3)CC2)CC1. The second-order valence-electron chi connectivity index (χ2n) is 11.9. The zero-order valence-corrected chi connectivity index (χ0v) is 21.8. The van der Waals surface area contributed by atoms with Gasteiger partial charge in [0.15, 0.2) is 0 Å². The lowest BCUT2D eigenvalue weighted by atomic mass is 9.97. The maximum absolute atomic E-state index is 13.4. The molecule has 1 saturated carbocycles. The first-order chi connectivity index (χ1) is 18.4. The maximum Gasteiger partial charge on any atom is 0.259 e. The number of hydrogen-bond acceptors (Lipinski definition) is 5. The van der Waals surface area contributed by atoms with Crippen LogP contribution < -0.4 is 10.2 Å². The number of aromatic nitrogens is 2. The maximum atomic E-state index is 13.4. The van der Waals surface area contributed by atoms with E-state index in [1.807, 2.05) is 24.4 Å². The smallest absolute Gasteiger partial charge is 0.259 e. The quantitative estimate of drug-likeness (QED) is 0.509. The summed E-state index contributed by atoms with van der Waals surface area (Å²) < 4.78 is 2.15. The third-order valence-corrected chi connectivity index (χ3v) is 9.03. The second kappa shape index (κ2) is 8.76. The van der Waals surface area contributed by atoms with Gasteiger partial charge in [-0.1, -0.05) is 25.1 Å². The molecular weight excluding hydrogens is 478 g/mol. The van der Waals surface area contributed by atoms with E-state index in [9.17, 15) is 14.4 Å². The van der Waals surface area contributed by atoms with Crippen LogP contribution in [0.15, 0.2) is 42.7 Å². The number of nitrogens with one attached hydrogen (secondary N) is 1. The van der Waals surface area contributed by atoms with E-state index in [2.05, 4.69) is 40.2 Å². The Morgan fingerprint density at radius 2 is 1.87 bits per heavy atom. The van der Waals surface area contributed by atoms with Gasteiger partial charge < -0.3 is 4.90 Å². The Morgan fingerprint density at radius 1 is 1.05 bits per heavy atom. The van der Waals surface area contributed by atoms with Crippen LogP contribution in [0, 0.1) is 5.41 Å². The summed E-state index contributed by atoms with van der Waals surface area (Å²) in [7, 11) is 0. The number of rotatable bonds is 6. The predicted molar refractivity (Wildman–Crippen MR) is 144 cm³/mol. The molecule has 8 nitrogen and oxygen atoms in total. The molecule has 196 valence electrons. The van der Waals surface area contributed by atoms with Crippen molar-refractivity contribution in [2.24, 2.45) is 5.41 Å². The monoisotopic (exact) mass is 511 g/mol. The van der Waals surface area contributed by atoms with Gasteiger partial charge >= 0.3 is 0 Å². The molecule has 3 aliphatic heterocycles. The van der Waals surface area contributed by atoms with Gasteiger partial charge in [-0.05, 0) is 66.2 Å². The van der Waals surface area contributed by atoms with Crippen LogP contribution in [0.5, 0.6) is 0 Å². The number of benzene rings is 2. The highest BCUT2D eigenvalue weighted by molar-refractivity contribution is 6.27. The molecule has 2 aromatic carbocycles. The number of amides is 3. The van der Waals surface area contributed by atoms with Crippen molar-refractivity contribution in [3.8, 4) is 0 Å². The van der Waals surface area contributed by atoms with Crippen molar-refractivity contribution < 1.29 is 14.4 Å². The van der Waals surface area contributed by atoms with E-state index in [1.165, 1.54) is 19.4 Å². The molecule has 2 saturated heterocycles. The Hall–Kier alpha value is -3.52. The number of imide groups is 1. The van der Waals surface area contributed by atoms with Gasteiger partial charge in [-0.25, -0.2) is 0 Å². The van der Waals surface area contributed by atoms with Crippen LogP contribution in [0.25, 0.3) is 10.8 Å². The summed E-state index contributed by atoms with van der Waals surface area (Å²) in [6, 6.07) is 9.59. The summed E-state index contributed by atoms with van der Waals surface area (Å²) in [5, 5.41) is 9.05. The molecular formula is C30H33N5O3. The van der Waals surface area contributed by atoms with Gasteiger partial charge in [-0.2, -0.15) is 5.10 Å². The Bertz CT molecular complexity index is 1460. The van der Waals surface area contributed by atoms with Crippen molar-refractivity contribution in [1.29, 1.82) is 0 Å². The molecule has 0 spiro atoms. The molecule has 3 amide bonds. The van der Waals surface area contributed by atoms with Crippen LogP contribution in [0.2, 0.25) is 0 Å². The number of likely N-dealkylation sites (tertiary alicyclic amines) is 1. The van der Waals surface area contributed by atoms with Gasteiger partial charge in [0.25, 0.3) is 5.91 Å². The Labute approximate surface area is 222 Å². The fourth-order valence-corrected chi connectivity index (χ4v) is 6.60. The number of piperidine rings is 2. The van der Waals surface area contributed by atoms with Crippen molar-refractivity contribution in [3.05, 3.63) is 59.4 Å². The molecule has 1 unspecified atom stereocenters. The second-order valence-corrected chi connectivity index (χ2v) is 11.9. The molecule has 3 fully saturated rings. The average molecular weight is 512 g/mol. The molecule has 1 atom stereocenters. The summed E-state index contributed by atoms with van der Waals surface area (Å²) >= 11 is 0. The van der Waals surface area contributed by atoms with E-state index in [0.717, 1.165) is 59.9 Å². The van der Waals surface area contributed by atoms with E-state index in [1.54, 1.807) is 4.90 Å². The fraction of sp³-hybridized carbons (Fsp3) is 0.467. The summed E-state index contributed by atoms with van der Waals surface area (Å²) in [5.41, 5.74) is 4.22. The molecule has 0 bridgehead atoms. The van der Waals surface area contributed by atoms with Crippen LogP contribution in [0.1, 0.15) is 73.0 Å². The van der Waals surface area contributed by atoms with E-state index in [-0.39, 0.29) is 18.2 Å². The summed E-state index contributed by atoms with van der Waals surface area (Å²) in [4.78, 5) is 41.9. The Balaban J connectivity index is 1.11. The van der Waals surface area contributed by atoms with Crippen molar-refractivity contribution in [2.45, 2.75) is 64.0 Å². The van der Waals surface area contributed by atoms with Crippen LogP contribution in [-0.2, 0) is 16.0 Å². The third-order valence-electron chi connectivity index (χ3n) is 9.03. The minimum atomic E-state index is -0.668. The number of anilines is 1. The van der Waals surface area contributed by atoms with E-state index < -0.39 is 11.9 Å². The first kappa shape index (κ1) is 23.6. The lowest BCUT2D eigenvalue weighted by molar-refractivity contribution is -0.134. The molecule has 0 radical (unpaired) electrons. The number of nitrogens with zero attached hydrogens (tertiary/aromatic N) is 4. The van der Waals surface area contributed by atoms with Crippen LogP contribution in [0.4, 0.5) is 5.69 Å². The molecule has 3 aromatic rings. The fourth-order valence-electron chi connectivity index (χ4n) is 6.60. The summed E-state index contributed by atoms with van der Waals surface area (Å²) in [6.07, 6.45) is 10.5. The van der Waals surface area contributed by atoms with Gasteiger partial charge in [0.1, 0.15) is 6.04 Å². The van der Waals surface area contributed by atoms with Crippen molar-refractivity contribution >= 4 is 34.2 Å². The average Bonchev–Trinajstić information content (AvgIpc) is 3.32. The normalized spacial score (nSPS) is 23.3. The lowest BCUT2D eigenvalue weighted by Crippen LogP contribution is -2.53. The van der Waals surface area contributed by atoms with E-state index in [0.29, 0.717) is 23.4 Å². The van der Waals surface area contributed by atoms with Crippen molar-refractivity contribution in [1.82, 2.24) is 20.0 Å². The molecule has 38 heavy (non-hydrogen) atoms. The minimum absolute atomic E-state index is 0.174. The van der Waals surface area contributed by atoms with Crippen LogP contribution in [0.3, 0.4) is 0 Å². The topological polar surface area (TPSA) is 87.5 Å². The van der Waals surface area contributed by atoms with Gasteiger partial charge in [-0.15, -0.1) is 0 Å². The molecule has 1 aliphatic carbocycles. The first-order valence-corrected chi connectivity index (χ1v) is 13.9. The predicted octanol–water partition coefficient (Wildman–Crippen LogP) is 3.83. The van der Waals surface area contributed by atoms with Crippen molar-refractivity contribution in [3.63, 3.8) is 0 Å². The van der Waals surface area contributed by atoms with E-state index >= 15 is 0 Å². The first-order valence-electron chi connectivity index (χ1n) is 13.9. The van der Waals surface area contributed by atoms with E-state index in [4.69, 9.17) is 5.10 Å². The van der Waals surface area contributed by atoms with Crippen LogP contribution in [-0.4, -0.2) is 58.1 Å². The molecule has 4 heterocycles. The van der Waals surface area contributed by atoms with Crippen LogP contribution >= 0.6 is 0 Å².